The van der Waals surface area contributed by atoms with Gasteiger partial charge in [-0.1, -0.05) is 31.5 Å². The maximum atomic E-state index is 12.3. The van der Waals surface area contributed by atoms with Crippen LogP contribution in [0, 0.1) is 0 Å². The van der Waals surface area contributed by atoms with Crippen molar-refractivity contribution in [1.82, 2.24) is 4.83 Å². The highest BCUT2D eigenvalue weighted by Crippen LogP contribution is 2.25. The number of rotatable bonds is 8. The van der Waals surface area contributed by atoms with E-state index in [2.05, 4.69) is 9.93 Å². The number of unbranched alkanes of at least 4 members (excludes halogenated alkanes) is 1. The number of hydrogen-bond acceptors (Lipinski definition) is 5. The zero-order valence-electron chi connectivity index (χ0n) is 14.3. The number of nitrogens with one attached hydrogen (secondary N) is 1. The average Bonchev–Trinajstić information content (AvgIpc) is 2.63. The normalized spacial score (nSPS) is 12.0. The molecule has 0 radical (unpaired) electrons. The number of aromatic hydroxyl groups is 1. The Morgan fingerprint density at radius 3 is 2.56 bits per heavy atom. The molecule has 0 saturated heterocycles. The van der Waals surface area contributed by atoms with Crippen LogP contribution in [0.2, 0.25) is 0 Å². The van der Waals surface area contributed by atoms with E-state index >= 15 is 0 Å². The van der Waals surface area contributed by atoms with E-state index in [1.165, 1.54) is 25.3 Å². The van der Waals surface area contributed by atoms with Crippen molar-refractivity contribution in [2.45, 2.75) is 31.1 Å². The Morgan fingerprint density at radius 2 is 1.92 bits per heavy atom. The second kappa shape index (κ2) is 8.53. The topological polar surface area (TPSA) is 88.0 Å². The van der Waals surface area contributed by atoms with Gasteiger partial charge >= 0.3 is 0 Å². The largest absolute Gasteiger partial charge is 0.507 e. The van der Waals surface area contributed by atoms with Gasteiger partial charge in [0.15, 0.2) is 0 Å². The first-order chi connectivity index (χ1) is 12.0. The van der Waals surface area contributed by atoms with Crippen LogP contribution >= 0.6 is 0 Å². The summed E-state index contributed by atoms with van der Waals surface area (Å²) < 4.78 is 29.9. The predicted octanol–water partition coefficient (Wildman–Crippen LogP) is 3.27. The van der Waals surface area contributed by atoms with E-state index in [1.807, 2.05) is 6.92 Å². The van der Waals surface area contributed by atoms with Gasteiger partial charge in [-0.15, -0.1) is 0 Å². The van der Waals surface area contributed by atoms with E-state index in [9.17, 15) is 13.5 Å². The van der Waals surface area contributed by atoms with Crippen molar-refractivity contribution < 1.29 is 18.3 Å². The maximum absolute atomic E-state index is 12.3. The summed E-state index contributed by atoms with van der Waals surface area (Å²) >= 11 is 0. The number of hydrazone groups is 1. The number of phenolic OH excluding ortho intramolecular Hbond substituents is 1. The molecule has 0 spiro atoms. The monoisotopic (exact) mass is 362 g/mol. The minimum Gasteiger partial charge on any atom is -0.507 e. The first-order valence-electron chi connectivity index (χ1n) is 7.98. The van der Waals surface area contributed by atoms with Gasteiger partial charge in [-0.3, -0.25) is 0 Å². The van der Waals surface area contributed by atoms with E-state index in [0.717, 1.165) is 12.8 Å². The van der Waals surface area contributed by atoms with Gasteiger partial charge in [0.25, 0.3) is 10.0 Å². The molecule has 0 aliphatic carbocycles. The summed E-state index contributed by atoms with van der Waals surface area (Å²) in [5.74, 6) is 0.581. The molecule has 0 atom stereocenters. The zero-order valence-corrected chi connectivity index (χ0v) is 15.1. The van der Waals surface area contributed by atoms with Gasteiger partial charge in [0, 0.05) is 5.56 Å². The Kier molecular flexibility index (Phi) is 6.41. The van der Waals surface area contributed by atoms with Crippen LogP contribution in [0.15, 0.2) is 58.5 Å². The van der Waals surface area contributed by atoms with Crippen molar-refractivity contribution in [3.05, 3.63) is 54.1 Å². The molecular weight excluding hydrogens is 340 g/mol. The van der Waals surface area contributed by atoms with Crippen LogP contribution in [0.25, 0.3) is 0 Å². The third-order valence-electron chi connectivity index (χ3n) is 3.64. The van der Waals surface area contributed by atoms with E-state index in [0.29, 0.717) is 23.4 Å². The number of sulfonamides is 1. The lowest BCUT2D eigenvalue weighted by Gasteiger charge is -2.11. The number of methoxy groups -OCH3 is 1. The minimum atomic E-state index is -3.77. The number of ether oxygens (including phenoxy) is 1. The van der Waals surface area contributed by atoms with Gasteiger partial charge in [-0.25, -0.2) is 0 Å². The summed E-state index contributed by atoms with van der Waals surface area (Å²) in [7, 11) is -2.24. The molecule has 0 bridgehead atoms. The highest BCUT2D eigenvalue weighted by Gasteiger charge is 2.15. The molecule has 0 saturated carbocycles. The quantitative estimate of drug-likeness (QED) is 0.557. The third-order valence-corrected chi connectivity index (χ3v) is 4.86. The van der Waals surface area contributed by atoms with Crippen molar-refractivity contribution in [2.24, 2.45) is 5.10 Å². The van der Waals surface area contributed by atoms with Crippen molar-refractivity contribution in [3.8, 4) is 11.5 Å². The predicted molar refractivity (Wildman–Crippen MR) is 97.5 cm³/mol. The standard InChI is InChI=1S/C18H22N2O4S/c1-3-4-10-17(16-13-14(24-2)11-12-18(16)21)19-20-25(22,23)15-8-6-5-7-9-15/h5-9,11-13,20-21H,3-4,10H2,1-2H3/b19-17+. The van der Waals surface area contributed by atoms with E-state index in [1.54, 1.807) is 30.3 Å². The summed E-state index contributed by atoms with van der Waals surface area (Å²) in [5, 5.41) is 14.2. The Balaban J connectivity index is 2.36. The van der Waals surface area contributed by atoms with Gasteiger partial charge in [0.2, 0.25) is 0 Å². The van der Waals surface area contributed by atoms with E-state index in [-0.39, 0.29) is 10.6 Å². The second-order valence-electron chi connectivity index (χ2n) is 5.45. The fourth-order valence-corrected chi connectivity index (χ4v) is 3.09. The molecule has 2 aromatic rings. The SMILES string of the molecule is CCCC/C(=N\NS(=O)(=O)c1ccccc1)c1cc(OC)ccc1O. The fourth-order valence-electron chi connectivity index (χ4n) is 2.24. The lowest BCUT2D eigenvalue weighted by molar-refractivity contribution is 0.412. The molecule has 2 N–H and O–H groups in total. The van der Waals surface area contributed by atoms with Crippen molar-refractivity contribution in [2.75, 3.05) is 7.11 Å². The van der Waals surface area contributed by atoms with Gasteiger partial charge in [0.1, 0.15) is 11.5 Å². The molecule has 134 valence electrons. The number of benzene rings is 2. The van der Waals surface area contributed by atoms with Gasteiger partial charge < -0.3 is 9.84 Å². The minimum absolute atomic E-state index is 0.0227. The number of phenols is 1. The molecule has 0 heterocycles. The summed E-state index contributed by atoms with van der Waals surface area (Å²) in [4.78, 5) is 2.38. The van der Waals surface area contributed by atoms with E-state index < -0.39 is 10.0 Å². The number of nitrogens with zero attached hydrogens (tertiary/aromatic N) is 1. The van der Waals surface area contributed by atoms with Gasteiger partial charge in [-0.2, -0.15) is 18.4 Å². The van der Waals surface area contributed by atoms with Crippen LogP contribution in [0.3, 0.4) is 0 Å². The molecular formula is C18H22N2O4S. The highest BCUT2D eigenvalue weighted by molar-refractivity contribution is 7.89. The third kappa shape index (κ3) is 4.96. The van der Waals surface area contributed by atoms with Crippen LogP contribution in [0.4, 0.5) is 0 Å². The molecule has 6 nitrogen and oxygen atoms in total. The molecule has 0 amide bonds. The van der Waals surface area contributed by atoms with Crippen LogP contribution in [-0.2, 0) is 10.0 Å². The van der Waals surface area contributed by atoms with E-state index in [4.69, 9.17) is 4.74 Å². The molecule has 2 rings (SSSR count). The van der Waals surface area contributed by atoms with Crippen molar-refractivity contribution in [3.63, 3.8) is 0 Å². The van der Waals surface area contributed by atoms with Crippen molar-refractivity contribution in [1.29, 1.82) is 0 Å². The molecule has 0 fully saturated rings. The summed E-state index contributed by atoms with van der Waals surface area (Å²) in [6, 6.07) is 12.8. The number of hydrogen-bond donors (Lipinski definition) is 2. The Bertz CT molecular complexity index is 833. The van der Waals surface area contributed by atoms with Gasteiger partial charge in [-0.05, 0) is 43.2 Å². The lowest BCUT2D eigenvalue weighted by atomic mass is 10.0. The van der Waals surface area contributed by atoms with Crippen LogP contribution in [-0.4, -0.2) is 26.3 Å². The second-order valence-corrected chi connectivity index (χ2v) is 7.11. The van der Waals surface area contributed by atoms with Crippen LogP contribution < -0.4 is 9.57 Å². The summed E-state index contributed by atoms with van der Waals surface area (Å²) in [6.45, 7) is 2.02. The molecule has 7 heteroatoms. The molecule has 0 aliphatic rings. The lowest BCUT2D eigenvalue weighted by Crippen LogP contribution is -2.20. The Labute approximate surface area is 148 Å². The average molecular weight is 362 g/mol. The molecule has 0 aromatic heterocycles. The molecule has 0 aliphatic heterocycles. The fraction of sp³-hybridized carbons (Fsp3) is 0.278. The first-order valence-corrected chi connectivity index (χ1v) is 9.47. The summed E-state index contributed by atoms with van der Waals surface area (Å²) in [5.41, 5.74) is 0.904. The molecule has 25 heavy (non-hydrogen) atoms. The zero-order chi connectivity index (χ0) is 18.3. The smallest absolute Gasteiger partial charge is 0.276 e. The Morgan fingerprint density at radius 1 is 1.20 bits per heavy atom. The Hall–Kier alpha value is -2.54. The highest BCUT2D eigenvalue weighted by atomic mass is 32.2. The molecule has 2 aromatic carbocycles. The maximum Gasteiger partial charge on any atom is 0.276 e. The van der Waals surface area contributed by atoms with Crippen LogP contribution in [0.1, 0.15) is 31.7 Å². The van der Waals surface area contributed by atoms with Crippen molar-refractivity contribution >= 4 is 15.7 Å². The molecule has 0 unspecified atom stereocenters. The summed E-state index contributed by atoms with van der Waals surface area (Å²) in [6.07, 6.45) is 2.24. The van der Waals surface area contributed by atoms with Crippen LogP contribution in [0.5, 0.6) is 11.5 Å². The van der Waals surface area contributed by atoms with Gasteiger partial charge in [0.05, 0.1) is 17.7 Å². The first kappa shape index (κ1) is 18.8.